The van der Waals surface area contributed by atoms with E-state index in [1.807, 2.05) is 12.1 Å². The van der Waals surface area contributed by atoms with Crippen LogP contribution in [0.2, 0.25) is 0 Å². The fourth-order valence-electron chi connectivity index (χ4n) is 1.92. The first-order valence-electron chi connectivity index (χ1n) is 6.32. The summed E-state index contributed by atoms with van der Waals surface area (Å²) in [6, 6.07) is 3.81. The van der Waals surface area contributed by atoms with Crippen LogP contribution in [-0.2, 0) is 11.3 Å². The van der Waals surface area contributed by atoms with Crippen LogP contribution >= 0.6 is 11.8 Å². The Labute approximate surface area is 115 Å². The number of carbonyl (C=O) groups excluding carboxylic acids is 1. The molecule has 0 N–H and O–H groups in total. The Balaban J connectivity index is 1.84. The number of furan rings is 1. The van der Waals surface area contributed by atoms with Crippen molar-refractivity contribution in [1.82, 2.24) is 14.8 Å². The molecule has 0 bridgehead atoms. The van der Waals surface area contributed by atoms with Crippen LogP contribution in [0.4, 0.5) is 0 Å². The average molecular weight is 277 g/mol. The van der Waals surface area contributed by atoms with Gasteiger partial charge in [-0.3, -0.25) is 9.36 Å². The van der Waals surface area contributed by atoms with E-state index in [-0.39, 0.29) is 5.78 Å². The minimum absolute atomic E-state index is 0.144. The molecule has 2 aromatic heterocycles. The maximum atomic E-state index is 11.1. The van der Waals surface area contributed by atoms with Gasteiger partial charge in [-0.1, -0.05) is 11.8 Å². The van der Waals surface area contributed by atoms with E-state index in [2.05, 4.69) is 14.8 Å². The molecule has 1 aliphatic rings. The molecular weight excluding hydrogens is 262 g/mol. The second kappa shape index (κ2) is 5.21. The van der Waals surface area contributed by atoms with Crippen molar-refractivity contribution in [3.05, 3.63) is 30.0 Å². The summed E-state index contributed by atoms with van der Waals surface area (Å²) in [6.07, 6.45) is 4.01. The third kappa shape index (κ3) is 2.89. The normalized spacial score (nSPS) is 14.8. The van der Waals surface area contributed by atoms with E-state index in [9.17, 15) is 4.79 Å². The molecule has 5 nitrogen and oxygen atoms in total. The van der Waals surface area contributed by atoms with Crippen LogP contribution in [0, 0.1) is 0 Å². The number of Topliss-reactive ketones (excluding diaryl/α,β-unsaturated/α-hetero) is 1. The monoisotopic (exact) mass is 277 g/mol. The molecule has 0 saturated heterocycles. The molecule has 2 heterocycles. The quantitative estimate of drug-likeness (QED) is 0.759. The summed E-state index contributed by atoms with van der Waals surface area (Å²) in [4.78, 5) is 11.1. The summed E-state index contributed by atoms with van der Waals surface area (Å²) in [5.41, 5.74) is 0. The zero-order chi connectivity index (χ0) is 13.2. The summed E-state index contributed by atoms with van der Waals surface area (Å²) in [5, 5.41) is 9.29. The molecule has 19 heavy (non-hydrogen) atoms. The van der Waals surface area contributed by atoms with Gasteiger partial charge in [0.2, 0.25) is 0 Å². The van der Waals surface area contributed by atoms with E-state index in [1.165, 1.54) is 24.6 Å². The molecule has 1 saturated carbocycles. The highest BCUT2D eigenvalue weighted by Crippen LogP contribution is 2.40. The summed E-state index contributed by atoms with van der Waals surface area (Å²) >= 11 is 1.44. The standard InChI is InChI=1S/C13H15N3O2S/c1-9(17)8-19-13-15-14-12(10-4-5-10)16(13)7-11-3-2-6-18-11/h2-3,6,10H,4-5,7-8H2,1H3. The van der Waals surface area contributed by atoms with Crippen molar-refractivity contribution in [2.45, 2.75) is 37.4 Å². The fourth-order valence-corrected chi connectivity index (χ4v) is 2.67. The Hall–Kier alpha value is -1.56. The molecule has 0 atom stereocenters. The highest BCUT2D eigenvalue weighted by atomic mass is 32.2. The van der Waals surface area contributed by atoms with Crippen molar-refractivity contribution >= 4 is 17.5 Å². The maximum absolute atomic E-state index is 11.1. The average Bonchev–Trinajstić information content (AvgIpc) is 2.95. The lowest BCUT2D eigenvalue weighted by atomic mass is 10.3. The Bertz CT molecular complexity index is 573. The van der Waals surface area contributed by atoms with Gasteiger partial charge in [-0.05, 0) is 31.9 Å². The van der Waals surface area contributed by atoms with Crippen molar-refractivity contribution in [1.29, 1.82) is 0 Å². The van der Waals surface area contributed by atoms with E-state index in [0.29, 0.717) is 18.2 Å². The number of rotatable bonds is 6. The maximum Gasteiger partial charge on any atom is 0.192 e. The van der Waals surface area contributed by atoms with Gasteiger partial charge in [0, 0.05) is 5.92 Å². The van der Waals surface area contributed by atoms with Crippen molar-refractivity contribution in [3.63, 3.8) is 0 Å². The van der Waals surface area contributed by atoms with E-state index in [4.69, 9.17) is 4.42 Å². The van der Waals surface area contributed by atoms with Gasteiger partial charge in [-0.25, -0.2) is 0 Å². The molecule has 0 aromatic carbocycles. The molecule has 1 fully saturated rings. The van der Waals surface area contributed by atoms with Crippen LogP contribution in [0.1, 0.15) is 37.3 Å². The topological polar surface area (TPSA) is 60.9 Å². The first-order valence-corrected chi connectivity index (χ1v) is 7.30. The third-order valence-electron chi connectivity index (χ3n) is 2.99. The molecular formula is C13H15N3O2S. The molecule has 3 rings (SSSR count). The molecule has 100 valence electrons. The fraction of sp³-hybridized carbons (Fsp3) is 0.462. The molecule has 0 amide bonds. The SMILES string of the molecule is CC(=O)CSc1nnc(C2CC2)n1Cc1ccco1. The van der Waals surface area contributed by atoms with Crippen LogP contribution in [0.25, 0.3) is 0 Å². The van der Waals surface area contributed by atoms with E-state index < -0.39 is 0 Å². The predicted molar refractivity (Wildman–Crippen MR) is 71.2 cm³/mol. The summed E-state index contributed by atoms with van der Waals surface area (Å²) in [7, 11) is 0. The van der Waals surface area contributed by atoms with Gasteiger partial charge < -0.3 is 4.42 Å². The Kier molecular flexibility index (Phi) is 3.42. The largest absolute Gasteiger partial charge is 0.467 e. The van der Waals surface area contributed by atoms with Gasteiger partial charge >= 0.3 is 0 Å². The lowest BCUT2D eigenvalue weighted by Gasteiger charge is -2.07. The van der Waals surface area contributed by atoms with Crippen LogP contribution in [-0.4, -0.2) is 26.3 Å². The van der Waals surface area contributed by atoms with Crippen LogP contribution in [0.15, 0.2) is 28.0 Å². The van der Waals surface area contributed by atoms with E-state index in [0.717, 1.165) is 16.7 Å². The van der Waals surface area contributed by atoms with Gasteiger partial charge in [-0.2, -0.15) is 0 Å². The molecule has 2 aromatic rings. The minimum atomic E-state index is 0.144. The number of thioether (sulfide) groups is 1. The number of ketones is 1. The molecule has 6 heteroatoms. The molecule has 0 unspecified atom stereocenters. The lowest BCUT2D eigenvalue weighted by Crippen LogP contribution is -2.06. The first kappa shape index (κ1) is 12.5. The van der Waals surface area contributed by atoms with Gasteiger partial charge in [0.1, 0.15) is 17.4 Å². The lowest BCUT2D eigenvalue weighted by molar-refractivity contribution is -0.114. The first-order chi connectivity index (χ1) is 9.24. The number of nitrogens with zero attached hydrogens (tertiary/aromatic N) is 3. The molecule has 0 radical (unpaired) electrons. The summed E-state index contributed by atoms with van der Waals surface area (Å²) in [5.74, 6) is 2.99. The Morgan fingerprint density at radius 1 is 1.53 bits per heavy atom. The number of carbonyl (C=O) groups is 1. The smallest absolute Gasteiger partial charge is 0.192 e. The van der Waals surface area contributed by atoms with Crippen molar-refractivity contribution < 1.29 is 9.21 Å². The Morgan fingerprint density at radius 2 is 2.37 bits per heavy atom. The van der Waals surface area contributed by atoms with Gasteiger partial charge in [0.15, 0.2) is 5.16 Å². The molecule has 1 aliphatic carbocycles. The highest BCUT2D eigenvalue weighted by Gasteiger charge is 2.30. The summed E-state index contributed by atoms with van der Waals surface area (Å²) in [6.45, 7) is 2.22. The predicted octanol–water partition coefficient (Wildman–Crippen LogP) is 2.48. The molecule has 0 aliphatic heterocycles. The third-order valence-corrected chi connectivity index (χ3v) is 4.10. The second-order valence-electron chi connectivity index (χ2n) is 4.77. The zero-order valence-corrected chi connectivity index (χ0v) is 11.5. The molecule has 0 spiro atoms. The number of hydrogen-bond donors (Lipinski definition) is 0. The number of aromatic nitrogens is 3. The van der Waals surface area contributed by atoms with Gasteiger partial charge in [0.05, 0.1) is 18.6 Å². The van der Waals surface area contributed by atoms with Crippen molar-refractivity contribution in [2.24, 2.45) is 0 Å². The van der Waals surface area contributed by atoms with Crippen LogP contribution in [0.5, 0.6) is 0 Å². The highest BCUT2D eigenvalue weighted by molar-refractivity contribution is 7.99. The van der Waals surface area contributed by atoms with Gasteiger partial charge in [0.25, 0.3) is 0 Å². The Morgan fingerprint density at radius 3 is 3.00 bits per heavy atom. The van der Waals surface area contributed by atoms with E-state index in [1.54, 1.807) is 13.2 Å². The van der Waals surface area contributed by atoms with Gasteiger partial charge in [-0.15, -0.1) is 10.2 Å². The second-order valence-corrected chi connectivity index (χ2v) is 5.71. The minimum Gasteiger partial charge on any atom is -0.467 e. The zero-order valence-electron chi connectivity index (χ0n) is 10.7. The van der Waals surface area contributed by atoms with Crippen molar-refractivity contribution in [3.8, 4) is 0 Å². The number of hydrogen-bond acceptors (Lipinski definition) is 5. The van der Waals surface area contributed by atoms with E-state index >= 15 is 0 Å². The van der Waals surface area contributed by atoms with Crippen molar-refractivity contribution in [2.75, 3.05) is 5.75 Å². The van der Waals surface area contributed by atoms with Crippen LogP contribution in [0.3, 0.4) is 0 Å². The summed E-state index contributed by atoms with van der Waals surface area (Å²) < 4.78 is 7.46. The van der Waals surface area contributed by atoms with Crippen LogP contribution < -0.4 is 0 Å².